The predicted molar refractivity (Wildman–Crippen MR) is 92.3 cm³/mol. The van der Waals surface area contributed by atoms with Crippen LogP contribution in [0.4, 0.5) is 0 Å². The van der Waals surface area contributed by atoms with E-state index >= 15 is 0 Å². The minimum atomic E-state index is -0.520. The van der Waals surface area contributed by atoms with E-state index in [0.717, 1.165) is 5.03 Å². The van der Waals surface area contributed by atoms with Crippen molar-refractivity contribution in [2.45, 2.75) is 61.6 Å². The van der Waals surface area contributed by atoms with E-state index in [2.05, 4.69) is 4.98 Å². The first-order chi connectivity index (χ1) is 12.1. The maximum atomic E-state index is 12.1. The van der Waals surface area contributed by atoms with Gasteiger partial charge in [0.15, 0.2) is 0 Å². The lowest BCUT2D eigenvalue weighted by molar-refractivity contribution is -0.197. The second-order valence-electron chi connectivity index (χ2n) is 6.45. The molecule has 2 heterocycles. The zero-order chi connectivity index (χ0) is 17.6. The first-order valence-electron chi connectivity index (χ1n) is 8.78. The second kappa shape index (κ2) is 8.47. The molecule has 25 heavy (non-hydrogen) atoms. The smallest absolute Gasteiger partial charge is 0.330 e. The summed E-state index contributed by atoms with van der Waals surface area (Å²) in [5.74, 6) is -0.829. The first-order valence-corrected chi connectivity index (χ1v) is 9.65. The van der Waals surface area contributed by atoms with Crippen molar-refractivity contribution in [3.05, 3.63) is 24.4 Å². The fraction of sp³-hybridized carbons (Fsp3) is 0.556. The molecule has 1 saturated carbocycles. The van der Waals surface area contributed by atoms with E-state index < -0.39 is 17.8 Å². The molecule has 2 fully saturated rings. The van der Waals surface area contributed by atoms with Gasteiger partial charge < -0.3 is 4.84 Å². The van der Waals surface area contributed by atoms with Gasteiger partial charge in [-0.15, -0.1) is 16.8 Å². The number of hydroxylamine groups is 2. The predicted octanol–water partition coefficient (Wildman–Crippen LogP) is 3.12. The lowest BCUT2D eigenvalue weighted by Crippen LogP contribution is -2.32. The van der Waals surface area contributed by atoms with Gasteiger partial charge in [0, 0.05) is 30.7 Å². The largest absolute Gasteiger partial charge is 0.333 e. The van der Waals surface area contributed by atoms with E-state index in [4.69, 9.17) is 4.84 Å². The Balaban J connectivity index is 1.55. The monoisotopic (exact) mass is 362 g/mol. The van der Waals surface area contributed by atoms with Crippen LogP contribution >= 0.6 is 11.8 Å². The van der Waals surface area contributed by atoms with Crippen molar-refractivity contribution < 1.29 is 19.2 Å². The minimum Gasteiger partial charge on any atom is -0.330 e. The molecule has 1 atom stereocenters. The molecule has 2 amide bonds. The van der Waals surface area contributed by atoms with Crippen LogP contribution in [-0.4, -0.2) is 33.1 Å². The topological polar surface area (TPSA) is 76.6 Å². The highest BCUT2D eigenvalue weighted by Gasteiger charge is 2.33. The molecule has 1 aromatic rings. The van der Waals surface area contributed by atoms with E-state index in [0.29, 0.717) is 17.4 Å². The third kappa shape index (κ3) is 4.81. The summed E-state index contributed by atoms with van der Waals surface area (Å²) in [4.78, 5) is 44.5. The van der Waals surface area contributed by atoms with E-state index in [9.17, 15) is 14.4 Å². The number of imide groups is 1. The highest BCUT2D eigenvalue weighted by Crippen LogP contribution is 2.38. The highest BCUT2D eigenvalue weighted by atomic mass is 32.2. The van der Waals surface area contributed by atoms with E-state index in [1.54, 1.807) is 18.0 Å². The number of thioether (sulfide) groups is 1. The van der Waals surface area contributed by atoms with Crippen LogP contribution in [-0.2, 0) is 19.2 Å². The Morgan fingerprint density at radius 3 is 2.60 bits per heavy atom. The number of aromatic nitrogens is 1. The van der Waals surface area contributed by atoms with Crippen LogP contribution in [0.2, 0.25) is 0 Å². The van der Waals surface area contributed by atoms with Crippen LogP contribution in [0.15, 0.2) is 29.4 Å². The fourth-order valence-corrected chi connectivity index (χ4v) is 4.65. The molecular formula is C18H22N2O4S. The van der Waals surface area contributed by atoms with Gasteiger partial charge in [0.25, 0.3) is 11.8 Å². The maximum Gasteiger partial charge on any atom is 0.333 e. The van der Waals surface area contributed by atoms with Gasteiger partial charge in [-0.2, -0.15) is 0 Å². The molecule has 0 spiro atoms. The molecule has 0 aromatic carbocycles. The van der Waals surface area contributed by atoms with Crippen molar-refractivity contribution in [2.24, 2.45) is 5.92 Å². The average Bonchev–Trinajstić information content (AvgIpc) is 3.25. The standard InChI is InChI=1S/C18H22N2O4S/c21-16-9-10-17(22)20(16)24-18(23)11-8-14(13-5-1-2-6-13)25-15-7-3-4-12-19-15/h3-4,7,12-14H,1-2,5-6,8-11H2. The number of nitrogens with zero attached hydrogens (tertiary/aromatic N) is 2. The summed E-state index contributed by atoms with van der Waals surface area (Å²) in [6, 6.07) is 5.82. The van der Waals surface area contributed by atoms with Gasteiger partial charge in [-0.3, -0.25) is 9.59 Å². The molecule has 1 unspecified atom stereocenters. The van der Waals surface area contributed by atoms with Crippen LogP contribution in [0.3, 0.4) is 0 Å². The van der Waals surface area contributed by atoms with Crippen LogP contribution in [0.5, 0.6) is 0 Å². The van der Waals surface area contributed by atoms with Crippen molar-refractivity contribution >= 4 is 29.5 Å². The molecule has 1 saturated heterocycles. The van der Waals surface area contributed by atoms with Gasteiger partial charge in [0.1, 0.15) is 0 Å². The van der Waals surface area contributed by atoms with Gasteiger partial charge in [0.05, 0.1) is 5.03 Å². The summed E-state index contributed by atoms with van der Waals surface area (Å²) < 4.78 is 0. The third-order valence-corrected chi connectivity index (χ3v) is 6.07. The van der Waals surface area contributed by atoms with Gasteiger partial charge >= 0.3 is 5.97 Å². The molecule has 1 aromatic heterocycles. The Hall–Kier alpha value is -1.89. The fourth-order valence-electron chi connectivity index (χ4n) is 3.36. The summed E-state index contributed by atoms with van der Waals surface area (Å²) in [6.45, 7) is 0. The van der Waals surface area contributed by atoms with Crippen LogP contribution < -0.4 is 0 Å². The molecule has 0 radical (unpaired) electrons. The Kier molecular flexibility index (Phi) is 6.07. The third-order valence-electron chi connectivity index (χ3n) is 4.67. The van der Waals surface area contributed by atoms with Gasteiger partial charge in [-0.05, 0) is 37.3 Å². The number of pyridine rings is 1. The quantitative estimate of drug-likeness (QED) is 0.548. The molecular weight excluding hydrogens is 340 g/mol. The zero-order valence-corrected chi connectivity index (χ0v) is 14.9. The SMILES string of the molecule is O=C(CCC(Sc1ccccn1)C1CCCC1)ON1C(=O)CCC1=O. The van der Waals surface area contributed by atoms with Crippen molar-refractivity contribution in [1.82, 2.24) is 10.0 Å². The maximum absolute atomic E-state index is 12.1. The van der Waals surface area contributed by atoms with Crippen LogP contribution in [0, 0.1) is 5.92 Å². The normalized spacial score (nSPS) is 19.4. The Labute approximate surface area is 151 Å². The molecule has 1 aliphatic carbocycles. The number of hydrogen-bond donors (Lipinski definition) is 0. The molecule has 7 heteroatoms. The first kappa shape index (κ1) is 17.9. The number of hydrogen-bond acceptors (Lipinski definition) is 6. The Morgan fingerprint density at radius 2 is 1.96 bits per heavy atom. The number of carbonyl (C=O) groups excluding carboxylic acids is 3. The summed E-state index contributed by atoms with van der Waals surface area (Å²) in [7, 11) is 0. The number of carbonyl (C=O) groups is 3. The van der Waals surface area contributed by atoms with Crippen LogP contribution in [0.1, 0.15) is 51.4 Å². The van der Waals surface area contributed by atoms with Gasteiger partial charge in [0.2, 0.25) is 0 Å². The van der Waals surface area contributed by atoms with Crippen molar-refractivity contribution in [1.29, 1.82) is 0 Å². The summed E-state index contributed by atoms with van der Waals surface area (Å²) >= 11 is 1.71. The summed E-state index contributed by atoms with van der Waals surface area (Å²) in [5, 5.41) is 1.87. The van der Waals surface area contributed by atoms with Crippen LogP contribution in [0.25, 0.3) is 0 Å². The van der Waals surface area contributed by atoms with E-state index in [1.807, 2.05) is 18.2 Å². The molecule has 0 N–H and O–H groups in total. The van der Waals surface area contributed by atoms with Crippen molar-refractivity contribution in [2.75, 3.05) is 0 Å². The zero-order valence-electron chi connectivity index (χ0n) is 14.1. The second-order valence-corrected chi connectivity index (χ2v) is 7.71. The lowest BCUT2D eigenvalue weighted by Gasteiger charge is -2.22. The van der Waals surface area contributed by atoms with Gasteiger partial charge in [-0.1, -0.05) is 18.9 Å². The lowest BCUT2D eigenvalue weighted by atomic mass is 10.00. The molecule has 0 bridgehead atoms. The van der Waals surface area contributed by atoms with E-state index in [1.165, 1.54) is 25.7 Å². The Bertz CT molecular complexity index is 615. The van der Waals surface area contributed by atoms with E-state index in [-0.39, 0.29) is 24.5 Å². The molecule has 1 aliphatic heterocycles. The van der Waals surface area contributed by atoms with Crippen molar-refractivity contribution in [3.63, 3.8) is 0 Å². The summed E-state index contributed by atoms with van der Waals surface area (Å²) in [6.07, 6.45) is 7.65. The Morgan fingerprint density at radius 1 is 1.24 bits per heavy atom. The summed E-state index contributed by atoms with van der Waals surface area (Å²) in [5.41, 5.74) is 0. The molecule has 2 aliphatic rings. The number of rotatable bonds is 7. The van der Waals surface area contributed by atoms with Gasteiger partial charge in [-0.25, -0.2) is 9.78 Å². The number of amides is 2. The highest BCUT2D eigenvalue weighted by molar-refractivity contribution is 7.99. The molecule has 3 rings (SSSR count). The average molecular weight is 362 g/mol. The molecule has 6 nitrogen and oxygen atoms in total. The van der Waals surface area contributed by atoms with Crippen molar-refractivity contribution in [3.8, 4) is 0 Å². The minimum absolute atomic E-state index is 0.117. The molecule has 134 valence electrons.